The van der Waals surface area contributed by atoms with Gasteiger partial charge in [-0.15, -0.1) is 5.10 Å². The van der Waals surface area contributed by atoms with Crippen LogP contribution in [0.4, 0.5) is 0 Å². The fourth-order valence-electron chi connectivity index (χ4n) is 2.79. The molecule has 0 unspecified atom stereocenters. The summed E-state index contributed by atoms with van der Waals surface area (Å²) in [5.74, 6) is 0.418. The second-order valence-electron chi connectivity index (χ2n) is 6.07. The molecule has 3 rings (SSSR count). The predicted octanol–water partition coefficient (Wildman–Crippen LogP) is 1.25. The molecule has 0 aliphatic carbocycles. The normalized spacial score (nSPS) is 14.5. The molecular formula is C18H22N4O3. The van der Waals surface area contributed by atoms with Crippen LogP contribution in [0.15, 0.2) is 36.5 Å². The van der Waals surface area contributed by atoms with Crippen LogP contribution in [0.25, 0.3) is 5.69 Å². The van der Waals surface area contributed by atoms with Crippen molar-refractivity contribution in [3.63, 3.8) is 0 Å². The molecule has 0 spiro atoms. The lowest BCUT2D eigenvalue weighted by molar-refractivity contribution is -0.139. The first-order valence-corrected chi connectivity index (χ1v) is 8.32. The van der Waals surface area contributed by atoms with E-state index >= 15 is 0 Å². The highest BCUT2D eigenvalue weighted by molar-refractivity contribution is 5.78. The van der Waals surface area contributed by atoms with Crippen LogP contribution >= 0.6 is 0 Å². The number of aromatic nitrogens is 2. The third-order valence-corrected chi connectivity index (χ3v) is 4.28. The van der Waals surface area contributed by atoms with Crippen molar-refractivity contribution in [1.29, 1.82) is 0 Å². The standard InChI is InChI=1S/C18H22N4O3/c1-14-12-22(16-6-4-3-5-7-16)19-18(14)25-13-17(24)21-10-8-20(9-11-21)15(2)23/h3-7,12H,8-11,13H2,1-2H3. The van der Waals surface area contributed by atoms with Gasteiger partial charge in [0.25, 0.3) is 5.91 Å². The Balaban J connectivity index is 1.56. The molecular weight excluding hydrogens is 320 g/mol. The summed E-state index contributed by atoms with van der Waals surface area (Å²) in [5.41, 5.74) is 1.81. The first-order valence-electron chi connectivity index (χ1n) is 8.32. The van der Waals surface area contributed by atoms with Crippen molar-refractivity contribution in [2.45, 2.75) is 13.8 Å². The van der Waals surface area contributed by atoms with Gasteiger partial charge in [-0.3, -0.25) is 9.59 Å². The monoisotopic (exact) mass is 342 g/mol. The van der Waals surface area contributed by atoms with E-state index in [2.05, 4.69) is 5.10 Å². The minimum Gasteiger partial charge on any atom is -0.466 e. The molecule has 1 aliphatic rings. The summed E-state index contributed by atoms with van der Waals surface area (Å²) in [6, 6.07) is 9.74. The minimum absolute atomic E-state index is 0.0467. The fourth-order valence-corrected chi connectivity index (χ4v) is 2.79. The number of aryl methyl sites for hydroxylation is 1. The number of hydrogen-bond acceptors (Lipinski definition) is 4. The SMILES string of the molecule is CC(=O)N1CCN(C(=O)COc2nn(-c3ccccc3)cc2C)CC1. The highest BCUT2D eigenvalue weighted by Crippen LogP contribution is 2.18. The number of nitrogens with zero attached hydrogens (tertiary/aromatic N) is 4. The quantitative estimate of drug-likeness (QED) is 0.839. The molecule has 25 heavy (non-hydrogen) atoms. The van der Waals surface area contributed by atoms with Crippen LogP contribution in [-0.2, 0) is 9.59 Å². The average Bonchev–Trinajstić information content (AvgIpc) is 3.01. The van der Waals surface area contributed by atoms with Gasteiger partial charge in [-0.1, -0.05) is 18.2 Å². The zero-order chi connectivity index (χ0) is 17.8. The second kappa shape index (κ2) is 7.38. The topological polar surface area (TPSA) is 67.7 Å². The molecule has 1 aliphatic heterocycles. The summed E-state index contributed by atoms with van der Waals surface area (Å²) < 4.78 is 7.36. The molecule has 7 heteroatoms. The van der Waals surface area contributed by atoms with Gasteiger partial charge in [0, 0.05) is 44.9 Å². The second-order valence-corrected chi connectivity index (χ2v) is 6.07. The van der Waals surface area contributed by atoms with Crippen molar-refractivity contribution in [2.75, 3.05) is 32.8 Å². The van der Waals surface area contributed by atoms with E-state index in [1.165, 1.54) is 0 Å². The van der Waals surface area contributed by atoms with Crippen molar-refractivity contribution in [1.82, 2.24) is 19.6 Å². The molecule has 1 aromatic heterocycles. The maximum atomic E-state index is 12.3. The molecule has 1 aromatic carbocycles. The first-order chi connectivity index (χ1) is 12.0. The molecule has 0 N–H and O–H groups in total. The van der Waals surface area contributed by atoms with Crippen LogP contribution < -0.4 is 4.74 Å². The molecule has 1 saturated heterocycles. The molecule has 0 saturated carbocycles. The van der Waals surface area contributed by atoms with E-state index in [0.717, 1.165) is 11.3 Å². The van der Waals surface area contributed by atoms with E-state index < -0.39 is 0 Å². The number of ether oxygens (including phenoxy) is 1. The summed E-state index contributed by atoms with van der Waals surface area (Å²) in [7, 11) is 0. The molecule has 0 radical (unpaired) electrons. The lowest BCUT2D eigenvalue weighted by Crippen LogP contribution is -2.51. The van der Waals surface area contributed by atoms with E-state index in [0.29, 0.717) is 32.1 Å². The van der Waals surface area contributed by atoms with Crippen molar-refractivity contribution < 1.29 is 14.3 Å². The van der Waals surface area contributed by atoms with Crippen LogP contribution in [0.2, 0.25) is 0 Å². The van der Waals surface area contributed by atoms with Gasteiger partial charge >= 0.3 is 0 Å². The summed E-state index contributed by atoms with van der Waals surface area (Å²) in [6.07, 6.45) is 1.88. The van der Waals surface area contributed by atoms with E-state index in [4.69, 9.17) is 4.74 Å². The highest BCUT2D eigenvalue weighted by atomic mass is 16.5. The zero-order valence-electron chi connectivity index (χ0n) is 14.5. The van der Waals surface area contributed by atoms with Crippen LogP contribution in [0.3, 0.4) is 0 Å². The van der Waals surface area contributed by atoms with Crippen molar-refractivity contribution in [3.8, 4) is 11.6 Å². The van der Waals surface area contributed by atoms with Crippen LogP contribution in [0, 0.1) is 6.92 Å². The van der Waals surface area contributed by atoms with Gasteiger partial charge in [0.1, 0.15) is 0 Å². The Kier molecular flexibility index (Phi) is 5.02. The van der Waals surface area contributed by atoms with Crippen LogP contribution in [0.5, 0.6) is 5.88 Å². The first kappa shape index (κ1) is 17.0. The Morgan fingerprint density at radius 2 is 1.72 bits per heavy atom. The highest BCUT2D eigenvalue weighted by Gasteiger charge is 2.23. The summed E-state index contributed by atoms with van der Waals surface area (Å²) in [6.45, 7) is 5.63. The van der Waals surface area contributed by atoms with E-state index in [9.17, 15) is 9.59 Å². The van der Waals surface area contributed by atoms with Crippen LogP contribution in [-0.4, -0.2) is 64.2 Å². The number of benzene rings is 1. The third kappa shape index (κ3) is 3.99. The molecule has 2 amide bonds. The molecule has 1 fully saturated rings. The van der Waals surface area contributed by atoms with E-state index in [-0.39, 0.29) is 18.4 Å². The fraction of sp³-hybridized carbons (Fsp3) is 0.389. The molecule has 0 atom stereocenters. The number of carbonyl (C=O) groups is 2. The number of carbonyl (C=O) groups excluding carboxylic acids is 2. The number of rotatable bonds is 4. The average molecular weight is 342 g/mol. The van der Waals surface area contributed by atoms with Crippen molar-refractivity contribution in [2.24, 2.45) is 0 Å². The summed E-state index contributed by atoms with van der Waals surface area (Å²) in [4.78, 5) is 27.1. The Labute approximate surface area is 146 Å². The lowest BCUT2D eigenvalue weighted by Gasteiger charge is -2.34. The zero-order valence-corrected chi connectivity index (χ0v) is 14.5. The third-order valence-electron chi connectivity index (χ3n) is 4.28. The van der Waals surface area contributed by atoms with E-state index in [1.807, 2.05) is 43.5 Å². The maximum absolute atomic E-state index is 12.3. The van der Waals surface area contributed by atoms with Crippen molar-refractivity contribution >= 4 is 11.8 Å². The maximum Gasteiger partial charge on any atom is 0.260 e. The van der Waals surface area contributed by atoms with Gasteiger partial charge in [0.2, 0.25) is 11.8 Å². The molecule has 2 heterocycles. The lowest BCUT2D eigenvalue weighted by atomic mass is 10.3. The Bertz CT molecular complexity index is 749. The number of piperazine rings is 1. The molecule has 132 valence electrons. The molecule has 2 aromatic rings. The Hall–Kier alpha value is -2.83. The van der Waals surface area contributed by atoms with Gasteiger partial charge in [-0.05, 0) is 19.1 Å². The Morgan fingerprint density at radius 1 is 1.08 bits per heavy atom. The Morgan fingerprint density at radius 3 is 2.36 bits per heavy atom. The van der Waals surface area contributed by atoms with Crippen molar-refractivity contribution in [3.05, 3.63) is 42.1 Å². The molecule has 7 nitrogen and oxygen atoms in total. The molecule has 0 bridgehead atoms. The van der Waals surface area contributed by atoms with Gasteiger partial charge in [0.05, 0.1) is 5.69 Å². The smallest absolute Gasteiger partial charge is 0.260 e. The number of amides is 2. The summed E-state index contributed by atoms with van der Waals surface area (Å²) >= 11 is 0. The van der Waals surface area contributed by atoms with Gasteiger partial charge in [-0.25, -0.2) is 4.68 Å². The number of para-hydroxylation sites is 1. The van der Waals surface area contributed by atoms with Gasteiger partial charge in [0.15, 0.2) is 6.61 Å². The summed E-state index contributed by atoms with van der Waals surface area (Å²) in [5, 5.41) is 4.40. The number of hydrogen-bond donors (Lipinski definition) is 0. The van der Waals surface area contributed by atoms with Crippen LogP contribution in [0.1, 0.15) is 12.5 Å². The van der Waals surface area contributed by atoms with E-state index in [1.54, 1.807) is 21.4 Å². The van der Waals surface area contributed by atoms with Gasteiger partial charge in [-0.2, -0.15) is 0 Å². The van der Waals surface area contributed by atoms with Gasteiger partial charge < -0.3 is 14.5 Å². The predicted molar refractivity (Wildman–Crippen MR) is 92.6 cm³/mol. The minimum atomic E-state index is -0.0862. The largest absolute Gasteiger partial charge is 0.466 e.